The lowest BCUT2D eigenvalue weighted by Crippen LogP contribution is -2.41. The maximum Gasteiger partial charge on any atom is 0.150 e. The van der Waals surface area contributed by atoms with Gasteiger partial charge >= 0.3 is 0 Å². The van der Waals surface area contributed by atoms with E-state index in [1.807, 2.05) is 24.1 Å². The largest absolute Gasteiger partial charge is 0.371 e. The molecule has 0 spiro atoms. The molecule has 37 heavy (non-hydrogen) atoms. The van der Waals surface area contributed by atoms with E-state index in [1.165, 1.54) is 55.8 Å². The van der Waals surface area contributed by atoms with Crippen LogP contribution in [-0.4, -0.2) is 73.6 Å². The Labute approximate surface area is 225 Å². The number of carbonyl (C=O) groups is 2. The average Bonchev–Trinajstić information content (AvgIpc) is 2.95. The molecule has 2 N–H and O–H groups in total. The first-order valence-electron chi connectivity index (χ1n) is 13.9. The standard InChI is InChI=1S/C30H40N4O2S/c31-28-10-16-34(17-11-28)37-30-3-1-2-25(19-30)24-8-12-32(13-9-24)20-23-6-14-33(15-7-23)29-5-4-26(21-35)27(18-29)22-36/h1-5,18-19,21-24,28H,6-17,20,31H2. The Kier molecular flexibility index (Phi) is 8.98. The number of likely N-dealkylation sites (tertiary alicyclic amines) is 1. The first-order valence-corrected chi connectivity index (χ1v) is 14.7. The zero-order valence-electron chi connectivity index (χ0n) is 21.8. The number of anilines is 1. The van der Waals surface area contributed by atoms with Crippen molar-refractivity contribution in [2.24, 2.45) is 11.7 Å². The van der Waals surface area contributed by atoms with E-state index >= 15 is 0 Å². The van der Waals surface area contributed by atoms with Gasteiger partial charge in [-0.25, -0.2) is 4.31 Å². The van der Waals surface area contributed by atoms with Crippen molar-refractivity contribution < 1.29 is 9.59 Å². The van der Waals surface area contributed by atoms with E-state index in [2.05, 4.69) is 38.4 Å². The molecule has 2 aromatic carbocycles. The molecule has 0 bridgehead atoms. The SMILES string of the molecule is NC1CCN(Sc2cccc(C3CCN(CC4CCN(c5ccc(C=O)c(C=O)c5)CC4)CC3)c2)CC1. The zero-order chi connectivity index (χ0) is 25.6. The lowest BCUT2D eigenvalue weighted by molar-refractivity contribution is 0.109. The van der Waals surface area contributed by atoms with Gasteiger partial charge in [0, 0.05) is 60.5 Å². The highest BCUT2D eigenvalue weighted by Gasteiger charge is 2.26. The number of benzene rings is 2. The third kappa shape index (κ3) is 6.82. The van der Waals surface area contributed by atoms with Gasteiger partial charge in [-0.05, 0) is 111 Å². The normalized spacial score (nSPS) is 21.3. The Morgan fingerprint density at radius 1 is 0.811 bits per heavy atom. The molecule has 5 rings (SSSR count). The fraction of sp³-hybridized carbons (Fsp3) is 0.533. The van der Waals surface area contributed by atoms with Crippen LogP contribution in [0, 0.1) is 5.92 Å². The third-order valence-electron chi connectivity index (χ3n) is 8.47. The molecule has 0 aliphatic carbocycles. The molecule has 3 heterocycles. The number of nitrogens with two attached hydrogens (primary N) is 1. The van der Waals surface area contributed by atoms with Crippen molar-refractivity contribution in [3.8, 4) is 0 Å². The van der Waals surface area contributed by atoms with E-state index in [-0.39, 0.29) is 0 Å². The predicted octanol–water partition coefficient (Wildman–Crippen LogP) is 4.84. The van der Waals surface area contributed by atoms with Gasteiger partial charge in [0.05, 0.1) is 0 Å². The van der Waals surface area contributed by atoms with Crippen molar-refractivity contribution in [2.75, 3.05) is 50.7 Å². The molecule has 3 aliphatic heterocycles. The molecular weight excluding hydrogens is 480 g/mol. The van der Waals surface area contributed by atoms with Crippen LogP contribution >= 0.6 is 11.9 Å². The average molecular weight is 521 g/mol. The van der Waals surface area contributed by atoms with Gasteiger partial charge in [0.25, 0.3) is 0 Å². The van der Waals surface area contributed by atoms with Crippen LogP contribution in [0.3, 0.4) is 0 Å². The molecule has 0 saturated carbocycles. The van der Waals surface area contributed by atoms with Gasteiger partial charge in [0.1, 0.15) is 0 Å². The summed E-state index contributed by atoms with van der Waals surface area (Å²) in [6.07, 6.45) is 8.55. The molecule has 0 aromatic heterocycles. The molecule has 6 nitrogen and oxygen atoms in total. The van der Waals surface area contributed by atoms with Crippen molar-refractivity contribution in [2.45, 2.75) is 55.4 Å². The molecule has 3 aliphatic rings. The van der Waals surface area contributed by atoms with Crippen LogP contribution in [0.2, 0.25) is 0 Å². The van der Waals surface area contributed by atoms with Gasteiger partial charge in [-0.1, -0.05) is 12.1 Å². The lowest BCUT2D eigenvalue weighted by atomic mass is 9.88. The van der Waals surface area contributed by atoms with Gasteiger partial charge in [0.2, 0.25) is 0 Å². The Morgan fingerprint density at radius 3 is 2.24 bits per heavy atom. The first-order chi connectivity index (χ1) is 18.1. The Morgan fingerprint density at radius 2 is 1.54 bits per heavy atom. The number of aldehydes is 2. The highest BCUT2D eigenvalue weighted by molar-refractivity contribution is 7.97. The minimum absolute atomic E-state index is 0.374. The summed E-state index contributed by atoms with van der Waals surface area (Å²) in [7, 11) is 0. The van der Waals surface area contributed by atoms with Gasteiger partial charge in [-0.15, -0.1) is 0 Å². The van der Waals surface area contributed by atoms with Crippen LogP contribution < -0.4 is 10.6 Å². The molecule has 0 amide bonds. The number of hydrogen-bond donors (Lipinski definition) is 1. The summed E-state index contributed by atoms with van der Waals surface area (Å²) < 4.78 is 2.47. The number of piperidine rings is 3. The molecule has 3 fully saturated rings. The Hall–Kier alpha value is -2.19. The molecule has 198 valence electrons. The molecule has 2 aromatic rings. The number of hydrogen-bond acceptors (Lipinski definition) is 7. The quantitative estimate of drug-likeness (QED) is 0.395. The summed E-state index contributed by atoms with van der Waals surface area (Å²) in [6, 6.07) is 15.2. The van der Waals surface area contributed by atoms with E-state index in [4.69, 9.17) is 5.73 Å². The summed E-state index contributed by atoms with van der Waals surface area (Å²) in [6.45, 7) is 7.74. The summed E-state index contributed by atoms with van der Waals surface area (Å²) in [4.78, 5) is 28.8. The highest BCUT2D eigenvalue weighted by Crippen LogP contribution is 2.33. The number of rotatable bonds is 8. The highest BCUT2D eigenvalue weighted by atomic mass is 32.2. The fourth-order valence-corrected chi connectivity index (χ4v) is 7.12. The maximum absolute atomic E-state index is 11.3. The van der Waals surface area contributed by atoms with Gasteiger partial charge in [0.15, 0.2) is 12.6 Å². The number of nitrogens with zero attached hydrogens (tertiary/aromatic N) is 3. The molecule has 0 radical (unpaired) electrons. The topological polar surface area (TPSA) is 69.9 Å². The third-order valence-corrected chi connectivity index (χ3v) is 9.56. The van der Waals surface area contributed by atoms with Crippen molar-refractivity contribution >= 4 is 30.2 Å². The summed E-state index contributed by atoms with van der Waals surface area (Å²) >= 11 is 1.90. The second-order valence-electron chi connectivity index (χ2n) is 11.0. The van der Waals surface area contributed by atoms with Crippen molar-refractivity contribution in [3.05, 3.63) is 59.2 Å². The van der Waals surface area contributed by atoms with E-state index in [0.717, 1.165) is 63.2 Å². The van der Waals surface area contributed by atoms with Gasteiger partial charge in [-0.3, -0.25) is 9.59 Å². The van der Waals surface area contributed by atoms with Crippen LogP contribution in [0.25, 0.3) is 0 Å². The minimum Gasteiger partial charge on any atom is -0.371 e. The van der Waals surface area contributed by atoms with Crippen molar-refractivity contribution in [1.29, 1.82) is 0 Å². The molecular formula is C30H40N4O2S. The fourth-order valence-electron chi connectivity index (χ4n) is 6.10. The van der Waals surface area contributed by atoms with E-state index in [0.29, 0.717) is 23.1 Å². The molecule has 0 atom stereocenters. The summed E-state index contributed by atoms with van der Waals surface area (Å²) in [5.74, 6) is 1.39. The lowest BCUT2D eigenvalue weighted by Gasteiger charge is -2.38. The molecule has 3 saturated heterocycles. The zero-order valence-corrected chi connectivity index (χ0v) is 22.6. The van der Waals surface area contributed by atoms with Crippen LogP contribution in [-0.2, 0) is 0 Å². The molecule has 7 heteroatoms. The Bertz CT molecular complexity index is 1060. The second kappa shape index (κ2) is 12.6. The second-order valence-corrected chi connectivity index (χ2v) is 12.2. The first kappa shape index (κ1) is 26.4. The summed E-state index contributed by atoms with van der Waals surface area (Å²) in [5, 5.41) is 0. The van der Waals surface area contributed by atoms with Crippen LogP contribution in [0.5, 0.6) is 0 Å². The van der Waals surface area contributed by atoms with Crippen LogP contribution in [0.15, 0.2) is 47.4 Å². The molecule has 0 unspecified atom stereocenters. The van der Waals surface area contributed by atoms with E-state index < -0.39 is 0 Å². The van der Waals surface area contributed by atoms with E-state index in [9.17, 15) is 9.59 Å². The predicted molar refractivity (Wildman–Crippen MR) is 152 cm³/mol. The van der Waals surface area contributed by atoms with Crippen LogP contribution in [0.1, 0.15) is 70.7 Å². The summed E-state index contributed by atoms with van der Waals surface area (Å²) in [5.41, 5.74) is 9.57. The van der Waals surface area contributed by atoms with E-state index in [1.54, 1.807) is 6.07 Å². The van der Waals surface area contributed by atoms with Crippen LogP contribution in [0.4, 0.5) is 5.69 Å². The van der Waals surface area contributed by atoms with Crippen molar-refractivity contribution in [1.82, 2.24) is 9.21 Å². The van der Waals surface area contributed by atoms with Gasteiger partial charge < -0.3 is 15.5 Å². The Balaban J connectivity index is 1.07. The smallest absolute Gasteiger partial charge is 0.150 e. The monoisotopic (exact) mass is 520 g/mol. The minimum atomic E-state index is 0.374. The number of carbonyl (C=O) groups excluding carboxylic acids is 2. The van der Waals surface area contributed by atoms with Gasteiger partial charge in [-0.2, -0.15) is 0 Å². The van der Waals surface area contributed by atoms with Crippen molar-refractivity contribution in [3.63, 3.8) is 0 Å². The maximum atomic E-state index is 11.3.